The zero-order valence-electron chi connectivity index (χ0n) is 11.2. The van der Waals surface area contributed by atoms with Crippen LogP contribution >= 0.6 is 0 Å². The Bertz CT molecular complexity index is 744. The summed E-state index contributed by atoms with van der Waals surface area (Å²) in [6.45, 7) is 4.04. The summed E-state index contributed by atoms with van der Waals surface area (Å²) in [5.74, 6) is 0.921. The van der Waals surface area contributed by atoms with E-state index < -0.39 is 0 Å². The Hall–Kier alpha value is -2.63. The third-order valence-corrected chi connectivity index (χ3v) is 2.89. The molecule has 0 aliphatic carbocycles. The highest BCUT2D eigenvalue weighted by molar-refractivity contribution is 5.92. The number of amides is 1. The van der Waals surface area contributed by atoms with E-state index in [-0.39, 0.29) is 11.9 Å². The van der Waals surface area contributed by atoms with E-state index in [0.717, 1.165) is 5.52 Å². The summed E-state index contributed by atoms with van der Waals surface area (Å²) in [7, 11) is 0. The van der Waals surface area contributed by atoms with Crippen LogP contribution in [0.1, 0.15) is 25.7 Å². The van der Waals surface area contributed by atoms with Crippen LogP contribution in [0.5, 0.6) is 0 Å². The Morgan fingerprint density at radius 3 is 2.95 bits per heavy atom. The van der Waals surface area contributed by atoms with E-state index in [0.29, 0.717) is 17.2 Å². The normalized spacial score (nSPS) is 11.2. The fourth-order valence-electron chi connectivity index (χ4n) is 1.84. The summed E-state index contributed by atoms with van der Waals surface area (Å²) in [4.78, 5) is 20.1. The highest BCUT2D eigenvalue weighted by Crippen LogP contribution is 2.23. The van der Waals surface area contributed by atoms with Crippen LogP contribution in [-0.2, 0) is 0 Å². The highest BCUT2D eigenvalue weighted by atomic mass is 16.3. The summed E-state index contributed by atoms with van der Waals surface area (Å²) in [5, 5.41) is 2.78. The molecule has 0 unspecified atom stereocenters. The van der Waals surface area contributed by atoms with Gasteiger partial charge in [-0.2, -0.15) is 0 Å². The number of carbonyl (C=O) groups excluding carboxylic acids is 1. The summed E-state index contributed by atoms with van der Waals surface area (Å²) in [6, 6.07) is 5.11. The predicted octanol–water partition coefficient (Wildman–Crippen LogP) is 3.23. The van der Waals surface area contributed by atoms with Gasteiger partial charge in [0.15, 0.2) is 11.5 Å². The van der Waals surface area contributed by atoms with Crippen molar-refractivity contribution in [3.8, 4) is 0 Å². The number of anilines is 1. The molecule has 0 saturated heterocycles. The molecule has 0 atom stereocenters. The first kappa shape index (κ1) is 12.4. The van der Waals surface area contributed by atoms with Crippen molar-refractivity contribution in [2.75, 3.05) is 5.32 Å². The van der Waals surface area contributed by atoms with Gasteiger partial charge in [-0.3, -0.25) is 4.57 Å². The Morgan fingerprint density at radius 1 is 1.40 bits per heavy atom. The lowest BCUT2D eigenvalue weighted by molar-refractivity contribution is 0.253. The molecule has 3 aromatic rings. The fraction of sp³-hybridized carbons (Fsp3) is 0.214. The molecule has 0 aliphatic heterocycles. The molecule has 6 nitrogen and oxygen atoms in total. The van der Waals surface area contributed by atoms with Gasteiger partial charge in [-0.1, -0.05) is 13.8 Å². The van der Waals surface area contributed by atoms with Crippen LogP contribution in [0.2, 0.25) is 0 Å². The summed E-state index contributed by atoms with van der Waals surface area (Å²) in [5.41, 5.74) is 2.12. The molecule has 0 radical (unpaired) electrons. The number of benzene rings is 1. The molecule has 1 aromatic carbocycles. The average molecular weight is 270 g/mol. The summed E-state index contributed by atoms with van der Waals surface area (Å²) < 4.78 is 6.99. The lowest BCUT2D eigenvalue weighted by Crippen LogP contribution is -2.17. The van der Waals surface area contributed by atoms with Gasteiger partial charge in [0.2, 0.25) is 0 Å². The van der Waals surface area contributed by atoms with Crippen LogP contribution in [0.25, 0.3) is 11.1 Å². The Morgan fingerprint density at radius 2 is 2.25 bits per heavy atom. The third kappa shape index (κ3) is 2.27. The number of oxazole rings is 1. The average Bonchev–Trinajstić information content (AvgIpc) is 3.07. The van der Waals surface area contributed by atoms with Gasteiger partial charge in [-0.05, 0) is 18.2 Å². The minimum Gasteiger partial charge on any atom is -0.440 e. The molecule has 0 saturated carbocycles. The molecule has 20 heavy (non-hydrogen) atoms. The van der Waals surface area contributed by atoms with Gasteiger partial charge in [0.1, 0.15) is 11.8 Å². The van der Waals surface area contributed by atoms with Crippen molar-refractivity contribution < 1.29 is 9.21 Å². The monoisotopic (exact) mass is 270 g/mol. The first-order valence-electron chi connectivity index (χ1n) is 6.33. The van der Waals surface area contributed by atoms with Crippen molar-refractivity contribution in [3.63, 3.8) is 0 Å². The molecule has 0 aliphatic rings. The zero-order valence-corrected chi connectivity index (χ0v) is 11.2. The van der Waals surface area contributed by atoms with Crippen LogP contribution in [0.3, 0.4) is 0 Å². The van der Waals surface area contributed by atoms with Crippen molar-refractivity contribution in [3.05, 3.63) is 42.8 Å². The van der Waals surface area contributed by atoms with Crippen molar-refractivity contribution in [2.45, 2.75) is 19.8 Å². The van der Waals surface area contributed by atoms with Crippen LogP contribution in [-0.4, -0.2) is 20.6 Å². The molecule has 6 heteroatoms. The molecular weight excluding hydrogens is 256 g/mol. The molecule has 2 aromatic heterocycles. The number of hydrogen-bond acceptors (Lipinski definition) is 4. The van der Waals surface area contributed by atoms with Crippen molar-refractivity contribution in [2.24, 2.45) is 0 Å². The van der Waals surface area contributed by atoms with E-state index in [1.54, 1.807) is 30.6 Å². The molecule has 0 fully saturated rings. The highest BCUT2D eigenvalue weighted by Gasteiger charge is 2.11. The van der Waals surface area contributed by atoms with Gasteiger partial charge in [0, 0.05) is 24.0 Å². The van der Waals surface area contributed by atoms with Gasteiger partial charge in [-0.25, -0.2) is 14.8 Å². The van der Waals surface area contributed by atoms with E-state index in [1.165, 1.54) is 10.9 Å². The molecule has 102 valence electrons. The first-order valence-corrected chi connectivity index (χ1v) is 6.33. The number of nitrogens with zero attached hydrogens (tertiary/aromatic N) is 3. The number of rotatable bonds is 2. The third-order valence-electron chi connectivity index (χ3n) is 2.89. The second kappa shape index (κ2) is 4.80. The summed E-state index contributed by atoms with van der Waals surface area (Å²) >= 11 is 0. The van der Waals surface area contributed by atoms with E-state index in [9.17, 15) is 4.79 Å². The van der Waals surface area contributed by atoms with Gasteiger partial charge in [-0.15, -0.1) is 0 Å². The molecule has 2 heterocycles. The number of nitrogens with one attached hydrogen (secondary N) is 1. The number of hydrogen-bond donors (Lipinski definition) is 1. The second-order valence-corrected chi connectivity index (χ2v) is 4.79. The fourth-order valence-corrected chi connectivity index (χ4v) is 1.84. The molecule has 1 N–H and O–H groups in total. The van der Waals surface area contributed by atoms with E-state index >= 15 is 0 Å². The van der Waals surface area contributed by atoms with Crippen molar-refractivity contribution in [1.29, 1.82) is 0 Å². The zero-order chi connectivity index (χ0) is 14.1. The van der Waals surface area contributed by atoms with Crippen LogP contribution in [0.4, 0.5) is 10.5 Å². The Balaban J connectivity index is 1.87. The molecule has 0 spiro atoms. The molecule has 0 bridgehead atoms. The maximum Gasteiger partial charge on any atom is 0.331 e. The van der Waals surface area contributed by atoms with Crippen LogP contribution in [0, 0.1) is 0 Å². The van der Waals surface area contributed by atoms with Gasteiger partial charge >= 0.3 is 6.03 Å². The smallest absolute Gasteiger partial charge is 0.331 e. The number of fused-ring (bicyclic) bond motifs is 1. The Kier molecular flexibility index (Phi) is 2.98. The molecular formula is C14H14N4O2. The molecule has 3 rings (SSSR count). The number of carbonyl (C=O) groups is 1. The maximum absolute atomic E-state index is 11.9. The molecule has 1 amide bonds. The van der Waals surface area contributed by atoms with Crippen LogP contribution < -0.4 is 5.32 Å². The largest absolute Gasteiger partial charge is 0.440 e. The maximum atomic E-state index is 11.9. The van der Waals surface area contributed by atoms with E-state index in [1.807, 2.05) is 13.8 Å². The van der Waals surface area contributed by atoms with Crippen LogP contribution in [0.15, 0.2) is 41.3 Å². The number of aromatic nitrogens is 3. The SMILES string of the molecule is CC(C)c1nc2cc(NC(=O)n3ccnc3)ccc2o1. The lowest BCUT2D eigenvalue weighted by atomic mass is 10.2. The van der Waals surface area contributed by atoms with E-state index in [4.69, 9.17) is 4.42 Å². The van der Waals surface area contributed by atoms with Crippen molar-refractivity contribution in [1.82, 2.24) is 14.5 Å². The second-order valence-electron chi connectivity index (χ2n) is 4.79. The van der Waals surface area contributed by atoms with Gasteiger partial charge < -0.3 is 9.73 Å². The summed E-state index contributed by atoms with van der Waals surface area (Å²) in [6.07, 6.45) is 4.58. The Labute approximate surface area is 115 Å². The topological polar surface area (TPSA) is 73.0 Å². The quantitative estimate of drug-likeness (QED) is 0.775. The minimum absolute atomic E-state index is 0.228. The lowest BCUT2D eigenvalue weighted by Gasteiger charge is -2.04. The van der Waals surface area contributed by atoms with Crippen molar-refractivity contribution >= 4 is 22.8 Å². The van der Waals surface area contributed by atoms with Gasteiger partial charge in [0.25, 0.3) is 0 Å². The first-order chi connectivity index (χ1) is 9.63. The standard InChI is InChI=1S/C14H14N4O2/c1-9(2)13-17-11-7-10(3-4-12(11)20-13)16-14(19)18-6-5-15-8-18/h3-9H,1-2H3,(H,16,19). The minimum atomic E-state index is -0.269. The predicted molar refractivity (Wildman–Crippen MR) is 74.7 cm³/mol. The van der Waals surface area contributed by atoms with E-state index in [2.05, 4.69) is 15.3 Å². The van der Waals surface area contributed by atoms with Gasteiger partial charge in [0.05, 0.1) is 0 Å². The number of imidazole rings is 1.